The molecule has 5 nitrogen and oxygen atoms in total. The van der Waals surface area contributed by atoms with Gasteiger partial charge < -0.3 is 19.9 Å². The Balaban J connectivity index is 0.00000180. The Bertz CT molecular complexity index is 484. The fourth-order valence-electron chi connectivity index (χ4n) is 1.65. The molecule has 0 spiro atoms. The van der Waals surface area contributed by atoms with Gasteiger partial charge in [0.25, 0.3) is 0 Å². The van der Waals surface area contributed by atoms with Crippen molar-refractivity contribution in [3.63, 3.8) is 0 Å². The first kappa shape index (κ1) is 15.5. The highest BCUT2D eigenvalue weighted by molar-refractivity contribution is 5.85. The maximum Gasteiger partial charge on any atom is 0.586 e. The van der Waals surface area contributed by atoms with Crippen molar-refractivity contribution in [2.45, 2.75) is 18.8 Å². The largest absolute Gasteiger partial charge is 0.586 e. The second kappa shape index (κ2) is 5.58. The molecule has 19 heavy (non-hydrogen) atoms. The van der Waals surface area contributed by atoms with Crippen molar-refractivity contribution in [2.24, 2.45) is 5.73 Å². The van der Waals surface area contributed by atoms with Gasteiger partial charge in [0.15, 0.2) is 11.5 Å². The quantitative estimate of drug-likeness (QED) is 0.864. The van der Waals surface area contributed by atoms with Gasteiger partial charge >= 0.3 is 12.3 Å². The number of rotatable bonds is 3. The number of hydrogen-bond acceptors (Lipinski definition) is 5. The average molecular weight is 296 g/mol. The number of fused-ring (bicyclic) bond motifs is 1. The van der Waals surface area contributed by atoms with Crippen molar-refractivity contribution in [3.8, 4) is 11.5 Å². The summed E-state index contributed by atoms with van der Waals surface area (Å²) in [6, 6.07) is 3.53. The van der Waals surface area contributed by atoms with Crippen molar-refractivity contribution in [3.05, 3.63) is 23.8 Å². The van der Waals surface area contributed by atoms with Gasteiger partial charge in [-0.2, -0.15) is 0 Å². The molecule has 0 aromatic heterocycles. The summed E-state index contributed by atoms with van der Waals surface area (Å²) in [5.41, 5.74) is 6.03. The number of methoxy groups -OCH3 is 1. The van der Waals surface area contributed by atoms with Crippen LogP contribution in [0.3, 0.4) is 0 Å². The molecular weight excluding hydrogens is 284 g/mol. The standard InChI is InChI=1S/C11H11F2NO4.ClH/c1-16-9(15)5-7(14)6-3-2-4-8-10(6)18-11(12,13)17-8;/h2-4,7H,5,14H2,1H3;1H/t7-;/m1./s1. The fraction of sp³-hybridized carbons (Fsp3) is 0.364. The van der Waals surface area contributed by atoms with Gasteiger partial charge in [-0.15, -0.1) is 21.2 Å². The van der Waals surface area contributed by atoms with Crippen LogP contribution in [0.2, 0.25) is 0 Å². The van der Waals surface area contributed by atoms with E-state index in [9.17, 15) is 13.6 Å². The fourth-order valence-corrected chi connectivity index (χ4v) is 1.65. The number of carbonyl (C=O) groups excluding carboxylic acids is 1. The minimum Gasteiger partial charge on any atom is -0.469 e. The van der Waals surface area contributed by atoms with Crippen molar-refractivity contribution >= 4 is 18.4 Å². The summed E-state index contributed by atoms with van der Waals surface area (Å²) in [6.07, 6.45) is -3.84. The summed E-state index contributed by atoms with van der Waals surface area (Å²) >= 11 is 0. The monoisotopic (exact) mass is 295 g/mol. The normalized spacial score (nSPS) is 16.4. The number of nitrogens with two attached hydrogens (primary N) is 1. The number of halogens is 3. The predicted octanol–water partition coefficient (Wildman–Crippen LogP) is 1.99. The Labute approximate surface area is 114 Å². The first-order valence-electron chi connectivity index (χ1n) is 5.14. The summed E-state index contributed by atoms with van der Waals surface area (Å²) in [5, 5.41) is 0. The molecule has 0 aliphatic carbocycles. The van der Waals surface area contributed by atoms with E-state index in [2.05, 4.69) is 14.2 Å². The Morgan fingerprint density at radius 1 is 1.47 bits per heavy atom. The lowest BCUT2D eigenvalue weighted by atomic mass is 10.0. The number of alkyl halides is 2. The number of ether oxygens (including phenoxy) is 3. The zero-order chi connectivity index (χ0) is 13.3. The number of esters is 1. The van der Waals surface area contributed by atoms with Gasteiger partial charge in [-0.3, -0.25) is 4.79 Å². The van der Waals surface area contributed by atoms with Crippen LogP contribution in [0.5, 0.6) is 11.5 Å². The van der Waals surface area contributed by atoms with Crippen LogP contribution in [0, 0.1) is 0 Å². The van der Waals surface area contributed by atoms with Gasteiger partial charge in [-0.05, 0) is 6.07 Å². The third-order valence-corrected chi connectivity index (χ3v) is 2.47. The Hall–Kier alpha value is -1.60. The molecule has 1 aliphatic rings. The number of carbonyl (C=O) groups is 1. The van der Waals surface area contributed by atoms with Crippen molar-refractivity contribution < 1.29 is 27.8 Å². The van der Waals surface area contributed by atoms with E-state index in [0.717, 1.165) is 0 Å². The van der Waals surface area contributed by atoms with Crippen LogP contribution in [-0.4, -0.2) is 19.4 Å². The van der Waals surface area contributed by atoms with Crippen LogP contribution >= 0.6 is 12.4 Å². The summed E-state index contributed by atoms with van der Waals surface area (Å²) < 4.78 is 39.0. The molecule has 0 saturated carbocycles. The maximum absolute atomic E-state index is 12.9. The van der Waals surface area contributed by atoms with Crippen molar-refractivity contribution in [1.82, 2.24) is 0 Å². The van der Waals surface area contributed by atoms with Gasteiger partial charge in [0, 0.05) is 11.6 Å². The third kappa shape index (κ3) is 3.24. The number of benzene rings is 1. The minimum absolute atomic E-state index is 0. The third-order valence-electron chi connectivity index (χ3n) is 2.47. The Morgan fingerprint density at radius 3 is 2.79 bits per heavy atom. The van der Waals surface area contributed by atoms with E-state index < -0.39 is 18.3 Å². The average Bonchev–Trinajstić information content (AvgIpc) is 2.61. The highest BCUT2D eigenvalue weighted by Crippen LogP contribution is 2.45. The SMILES string of the molecule is COC(=O)C[C@@H](N)c1cccc2c1OC(F)(F)O2.Cl. The van der Waals surface area contributed by atoms with Crippen LogP contribution in [0.15, 0.2) is 18.2 Å². The van der Waals surface area contributed by atoms with E-state index in [1.54, 1.807) is 0 Å². The molecule has 2 rings (SSSR count). The summed E-state index contributed by atoms with van der Waals surface area (Å²) in [6.45, 7) is 0. The van der Waals surface area contributed by atoms with E-state index in [1.807, 2.05) is 0 Å². The van der Waals surface area contributed by atoms with Gasteiger partial charge in [-0.1, -0.05) is 12.1 Å². The lowest BCUT2D eigenvalue weighted by Crippen LogP contribution is -2.26. The molecule has 8 heteroatoms. The molecule has 0 amide bonds. The van der Waals surface area contributed by atoms with Crippen molar-refractivity contribution in [1.29, 1.82) is 0 Å². The smallest absolute Gasteiger partial charge is 0.469 e. The molecule has 106 valence electrons. The van der Waals surface area contributed by atoms with Gasteiger partial charge in [0.2, 0.25) is 0 Å². The lowest BCUT2D eigenvalue weighted by molar-refractivity contribution is -0.287. The highest BCUT2D eigenvalue weighted by atomic mass is 35.5. The first-order chi connectivity index (χ1) is 8.43. The van der Waals surface area contributed by atoms with Crippen LogP contribution in [-0.2, 0) is 9.53 Å². The second-order valence-corrected chi connectivity index (χ2v) is 3.73. The summed E-state index contributed by atoms with van der Waals surface area (Å²) in [4.78, 5) is 11.1. The van der Waals surface area contributed by atoms with Gasteiger partial charge in [0.1, 0.15) is 0 Å². The van der Waals surface area contributed by atoms with E-state index in [-0.39, 0.29) is 35.9 Å². The molecule has 1 atom stereocenters. The predicted molar refractivity (Wildman–Crippen MR) is 63.5 cm³/mol. The highest BCUT2D eigenvalue weighted by Gasteiger charge is 2.45. The van der Waals surface area contributed by atoms with Crippen molar-refractivity contribution in [2.75, 3.05) is 7.11 Å². The Kier molecular flexibility index (Phi) is 4.54. The van der Waals surface area contributed by atoms with E-state index in [0.29, 0.717) is 0 Å². The topological polar surface area (TPSA) is 70.8 Å². The molecule has 0 unspecified atom stereocenters. The summed E-state index contributed by atoms with van der Waals surface area (Å²) in [7, 11) is 1.22. The minimum atomic E-state index is -3.70. The van der Waals surface area contributed by atoms with E-state index in [4.69, 9.17) is 5.73 Å². The molecule has 1 aliphatic heterocycles. The molecule has 1 aromatic carbocycles. The molecule has 0 radical (unpaired) electrons. The van der Waals surface area contributed by atoms with E-state index in [1.165, 1.54) is 25.3 Å². The van der Waals surface area contributed by atoms with Crippen LogP contribution in [0.25, 0.3) is 0 Å². The zero-order valence-electron chi connectivity index (χ0n) is 9.89. The second-order valence-electron chi connectivity index (χ2n) is 3.73. The molecule has 1 heterocycles. The molecular formula is C11H12ClF2NO4. The zero-order valence-corrected chi connectivity index (χ0v) is 10.7. The first-order valence-corrected chi connectivity index (χ1v) is 5.14. The number of para-hydroxylation sites is 1. The van der Waals surface area contributed by atoms with Crippen LogP contribution < -0.4 is 15.2 Å². The number of hydrogen-bond donors (Lipinski definition) is 1. The lowest BCUT2D eigenvalue weighted by Gasteiger charge is -2.13. The molecule has 0 saturated heterocycles. The molecule has 0 fully saturated rings. The molecule has 2 N–H and O–H groups in total. The molecule has 1 aromatic rings. The molecule has 0 bridgehead atoms. The summed E-state index contributed by atoms with van der Waals surface area (Å²) in [5.74, 6) is -0.775. The van der Waals surface area contributed by atoms with Gasteiger partial charge in [-0.25, -0.2) is 0 Å². The van der Waals surface area contributed by atoms with Gasteiger partial charge in [0.05, 0.1) is 13.5 Å². The van der Waals surface area contributed by atoms with E-state index >= 15 is 0 Å². The van der Waals surface area contributed by atoms with Crippen LogP contribution in [0.1, 0.15) is 18.0 Å². The van der Waals surface area contributed by atoms with Crippen LogP contribution in [0.4, 0.5) is 8.78 Å². The maximum atomic E-state index is 12.9. The Morgan fingerprint density at radius 2 is 2.16 bits per heavy atom.